The van der Waals surface area contributed by atoms with Crippen molar-refractivity contribution in [3.8, 4) is 0 Å². The Balaban J connectivity index is 2.07. The molecule has 0 atom stereocenters. The van der Waals surface area contributed by atoms with Crippen molar-refractivity contribution in [2.24, 2.45) is 0 Å². The number of fused-ring (bicyclic) bond motifs is 1. The normalized spacial score (nSPS) is 17.9. The van der Waals surface area contributed by atoms with E-state index in [2.05, 4.69) is 10.1 Å². The SMILES string of the molecule is Cc1noc2nc(C(C)C)cc(C(=O)N3CCOC(C)(C)C3)c12. The number of nitrogens with zero attached hydrogens (tertiary/aromatic N) is 3. The maximum atomic E-state index is 13.1. The second kappa shape index (κ2) is 5.60. The third-order valence-electron chi connectivity index (χ3n) is 4.17. The van der Waals surface area contributed by atoms with Gasteiger partial charge in [-0.3, -0.25) is 4.79 Å². The van der Waals surface area contributed by atoms with Crippen LogP contribution in [0.3, 0.4) is 0 Å². The average molecular weight is 317 g/mol. The summed E-state index contributed by atoms with van der Waals surface area (Å²) >= 11 is 0. The Morgan fingerprint density at radius 2 is 2.13 bits per heavy atom. The standard InChI is InChI=1S/C17H23N3O3/c1-10(2)13-8-12(14-11(3)19-23-15(14)18-13)16(21)20-6-7-22-17(4,5)9-20/h8,10H,6-7,9H2,1-5H3. The van der Waals surface area contributed by atoms with E-state index < -0.39 is 0 Å². The van der Waals surface area contributed by atoms with Crippen LogP contribution in [0.5, 0.6) is 0 Å². The number of hydrogen-bond donors (Lipinski definition) is 0. The molecule has 0 N–H and O–H groups in total. The number of morpholine rings is 1. The molecule has 6 heteroatoms. The zero-order valence-electron chi connectivity index (χ0n) is 14.3. The molecule has 0 aliphatic carbocycles. The first kappa shape index (κ1) is 15.9. The van der Waals surface area contributed by atoms with E-state index in [4.69, 9.17) is 9.26 Å². The van der Waals surface area contributed by atoms with Crippen molar-refractivity contribution in [2.45, 2.75) is 46.1 Å². The molecule has 0 bridgehead atoms. The summed E-state index contributed by atoms with van der Waals surface area (Å²) in [5.41, 5.74) is 2.26. The number of aryl methyl sites for hydroxylation is 1. The van der Waals surface area contributed by atoms with Crippen molar-refractivity contribution in [1.29, 1.82) is 0 Å². The summed E-state index contributed by atoms with van der Waals surface area (Å²) in [7, 11) is 0. The molecule has 2 aromatic heterocycles. The molecule has 0 unspecified atom stereocenters. The number of ether oxygens (including phenoxy) is 1. The van der Waals surface area contributed by atoms with Crippen molar-refractivity contribution in [3.05, 3.63) is 23.0 Å². The quantitative estimate of drug-likeness (QED) is 0.852. The molecule has 124 valence electrons. The fraction of sp³-hybridized carbons (Fsp3) is 0.588. The van der Waals surface area contributed by atoms with Crippen LogP contribution < -0.4 is 0 Å². The summed E-state index contributed by atoms with van der Waals surface area (Å²) in [6.07, 6.45) is 0. The van der Waals surface area contributed by atoms with Gasteiger partial charge >= 0.3 is 0 Å². The van der Waals surface area contributed by atoms with E-state index >= 15 is 0 Å². The van der Waals surface area contributed by atoms with E-state index in [0.29, 0.717) is 42.1 Å². The minimum atomic E-state index is -0.329. The molecule has 6 nitrogen and oxygen atoms in total. The van der Waals surface area contributed by atoms with Crippen molar-refractivity contribution in [1.82, 2.24) is 15.0 Å². The molecule has 3 rings (SSSR count). The van der Waals surface area contributed by atoms with Crippen molar-refractivity contribution >= 4 is 17.0 Å². The first-order valence-corrected chi connectivity index (χ1v) is 7.98. The Labute approximate surface area is 135 Å². The van der Waals surface area contributed by atoms with Gasteiger partial charge in [-0.1, -0.05) is 19.0 Å². The average Bonchev–Trinajstić information content (AvgIpc) is 2.86. The van der Waals surface area contributed by atoms with Gasteiger partial charge in [0.15, 0.2) is 0 Å². The van der Waals surface area contributed by atoms with Gasteiger partial charge in [-0.05, 0) is 32.8 Å². The third-order valence-corrected chi connectivity index (χ3v) is 4.17. The molecule has 0 saturated carbocycles. The highest BCUT2D eigenvalue weighted by Gasteiger charge is 2.32. The van der Waals surface area contributed by atoms with Crippen LogP contribution in [0.25, 0.3) is 11.1 Å². The predicted octanol–water partition coefficient (Wildman–Crippen LogP) is 2.91. The molecule has 1 aliphatic rings. The number of aromatic nitrogens is 2. The van der Waals surface area contributed by atoms with Gasteiger partial charge in [0.25, 0.3) is 11.6 Å². The Kier molecular flexibility index (Phi) is 3.88. The van der Waals surface area contributed by atoms with Crippen molar-refractivity contribution < 1.29 is 14.1 Å². The fourth-order valence-electron chi connectivity index (χ4n) is 2.94. The predicted molar refractivity (Wildman–Crippen MR) is 86.6 cm³/mol. The van der Waals surface area contributed by atoms with E-state index in [-0.39, 0.29) is 17.4 Å². The minimum Gasteiger partial charge on any atom is -0.372 e. The van der Waals surface area contributed by atoms with Gasteiger partial charge in [0, 0.05) is 18.8 Å². The molecule has 2 aromatic rings. The smallest absolute Gasteiger partial charge is 0.259 e. The molecule has 0 radical (unpaired) electrons. The van der Waals surface area contributed by atoms with E-state index in [1.165, 1.54) is 0 Å². The summed E-state index contributed by atoms with van der Waals surface area (Å²) in [6.45, 7) is 11.6. The molecule has 0 spiro atoms. The number of rotatable bonds is 2. The van der Waals surface area contributed by atoms with Gasteiger partial charge in [0.05, 0.1) is 28.9 Å². The molecule has 1 amide bonds. The van der Waals surface area contributed by atoms with Crippen molar-refractivity contribution in [2.75, 3.05) is 19.7 Å². The first-order valence-electron chi connectivity index (χ1n) is 7.98. The Bertz CT molecular complexity index is 749. The third kappa shape index (κ3) is 2.95. The zero-order chi connectivity index (χ0) is 16.8. The van der Waals surface area contributed by atoms with Crippen LogP contribution in [-0.4, -0.2) is 46.2 Å². The van der Waals surface area contributed by atoms with Crippen LogP contribution >= 0.6 is 0 Å². The molecular formula is C17H23N3O3. The van der Waals surface area contributed by atoms with Gasteiger partial charge in [0.2, 0.25) is 0 Å². The van der Waals surface area contributed by atoms with Crippen LogP contribution in [0.1, 0.15) is 55.4 Å². The highest BCUT2D eigenvalue weighted by Crippen LogP contribution is 2.27. The zero-order valence-corrected chi connectivity index (χ0v) is 14.3. The summed E-state index contributed by atoms with van der Waals surface area (Å²) in [4.78, 5) is 19.4. The number of amides is 1. The summed E-state index contributed by atoms with van der Waals surface area (Å²) < 4.78 is 11.0. The molecule has 1 fully saturated rings. The Hall–Kier alpha value is -1.95. The molecule has 3 heterocycles. The second-order valence-corrected chi connectivity index (χ2v) is 7.03. The lowest BCUT2D eigenvalue weighted by atomic mass is 10.0. The summed E-state index contributed by atoms with van der Waals surface area (Å²) in [6, 6.07) is 1.88. The van der Waals surface area contributed by atoms with Crippen LogP contribution in [0, 0.1) is 6.92 Å². The molecule has 1 saturated heterocycles. The van der Waals surface area contributed by atoms with Crippen LogP contribution in [0.15, 0.2) is 10.6 Å². The largest absolute Gasteiger partial charge is 0.372 e. The van der Waals surface area contributed by atoms with Gasteiger partial charge in [-0.2, -0.15) is 0 Å². The molecular weight excluding hydrogens is 294 g/mol. The Morgan fingerprint density at radius 3 is 2.78 bits per heavy atom. The van der Waals surface area contributed by atoms with E-state index in [0.717, 1.165) is 5.69 Å². The van der Waals surface area contributed by atoms with E-state index in [9.17, 15) is 4.79 Å². The summed E-state index contributed by atoms with van der Waals surface area (Å²) in [5.74, 6) is 0.194. The summed E-state index contributed by atoms with van der Waals surface area (Å²) in [5, 5.41) is 4.69. The molecule has 23 heavy (non-hydrogen) atoms. The highest BCUT2D eigenvalue weighted by molar-refractivity contribution is 6.06. The molecule has 1 aliphatic heterocycles. The van der Waals surface area contributed by atoms with E-state index in [1.807, 2.05) is 45.6 Å². The van der Waals surface area contributed by atoms with Gasteiger partial charge in [-0.25, -0.2) is 4.98 Å². The van der Waals surface area contributed by atoms with Gasteiger partial charge in [-0.15, -0.1) is 0 Å². The fourth-order valence-corrected chi connectivity index (χ4v) is 2.94. The first-order chi connectivity index (χ1) is 10.8. The minimum absolute atomic E-state index is 0.0121. The number of pyridine rings is 1. The van der Waals surface area contributed by atoms with Crippen LogP contribution in [0.4, 0.5) is 0 Å². The van der Waals surface area contributed by atoms with Gasteiger partial charge in [0.1, 0.15) is 0 Å². The van der Waals surface area contributed by atoms with Crippen molar-refractivity contribution in [3.63, 3.8) is 0 Å². The number of carbonyl (C=O) groups excluding carboxylic acids is 1. The van der Waals surface area contributed by atoms with E-state index in [1.54, 1.807) is 0 Å². The van der Waals surface area contributed by atoms with Crippen LogP contribution in [-0.2, 0) is 4.74 Å². The number of carbonyl (C=O) groups is 1. The second-order valence-electron chi connectivity index (χ2n) is 7.03. The highest BCUT2D eigenvalue weighted by atomic mass is 16.5. The molecule has 0 aromatic carbocycles. The lowest BCUT2D eigenvalue weighted by Crippen LogP contribution is -2.50. The lowest BCUT2D eigenvalue weighted by Gasteiger charge is -2.38. The van der Waals surface area contributed by atoms with Gasteiger partial charge < -0.3 is 14.2 Å². The maximum Gasteiger partial charge on any atom is 0.259 e. The topological polar surface area (TPSA) is 68.5 Å². The maximum absolute atomic E-state index is 13.1. The Morgan fingerprint density at radius 1 is 1.39 bits per heavy atom. The van der Waals surface area contributed by atoms with Crippen LogP contribution in [0.2, 0.25) is 0 Å². The monoisotopic (exact) mass is 317 g/mol. The lowest BCUT2D eigenvalue weighted by molar-refractivity contribution is -0.0763. The number of hydrogen-bond acceptors (Lipinski definition) is 5.